The molecule has 2 aromatic rings. The predicted molar refractivity (Wildman–Crippen MR) is 96.9 cm³/mol. The van der Waals surface area contributed by atoms with Gasteiger partial charge in [-0.1, -0.05) is 30.6 Å². The maximum Gasteiger partial charge on any atom is 0.224 e. The van der Waals surface area contributed by atoms with Crippen LogP contribution < -0.4 is 5.32 Å². The summed E-state index contributed by atoms with van der Waals surface area (Å²) in [6.45, 7) is 4.65. The van der Waals surface area contributed by atoms with E-state index in [0.29, 0.717) is 24.4 Å². The van der Waals surface area contributed by atoms with Crippen LogP contribution >= 0.6 is 11.6 Å². The topological polar surface area (TPSA) is 93.2 Å². The number of nitrogens with zero attached hydrogens (tertiary/aromatic N) is 3. The van der Waals surface area contributed by atoms with E-state index in [-0.39, 0.29) is 24.3 Å². The summed E-state index contributed by atoms with van der Waals surface area (Å²) < 4.78 is 7.09. The first-order valence-electron chi connectivity index (χ1n) is 9.11. The Morgan fingerprint density at radius 2 is 2.23 bits per heavy atom. The average Bonchev–Trinajstić information content (AvgIpc) is 3.28. The number of hydrogen-bond donors (Lipinski definition) is 2. The first-order valence-corrected chi connectivity index (χ1v) is 9.49. The summed E-state index contributed by atoms with van der Waals surface area (Å²) in [5, 5.41) is 22.1. The number of nitrogens with one attached hydrogen (secondary N) is 1. The summed E-state index contributed by atoms with van der Waals surface area (Å²) in [5.41, 5.74) is 1.71. The van der Waals surface area contributed by atoms with Crippen LogP contribution in [0.5, 0.6) is 0 Å². The van der Waals surface area contributed by atoms with Crippen LogP contribution in [0.4, 0.5) is 0 Å². The highest BCUT2D eigenvalue weighted by atomic mass is 35.5. The van der Waals surface area contributed by atoms with E-state index < -0.39 is 6.10 Å². The van der Waals surface area contributed by atoms with Gasteiger partial charge in [-0.2, -0.15) is 5.10 Å². The minimum atomic E-state index is -0.547. The van der Waals surface area contributed by atoms with Crippen molar-refractivity contribution in [2.75, 3.05) is 0 Å². The van der Waals surface area contributed by atoms with Crippen molar-refractivity contribution < 1.29 is 14.4 Å². The summed E-state index contributed by atoms with van der Waals surface area (Å²) in [5.74, 6) is 0.904. The van der Waals surface area contributed by atoms with Gasteiger partial charge < -0.3 is 14.9 Å². The fourth-order valence-electron chi connectivity index (χ4n) is 3.68. The normalized spacial score (nSPS) is 22.7. The van der Waals surface area contributed by atoms with Crippen molar-refractivity contribution in [3.05, 3.63) is 34.4 Å². The maximum atomic E-state index is 12.5. The first-order chi connectivity index (χ1) is 12.5. The number of aliphatic hydroxyl groups excluding tert-OH is 1. The highest BCUT2D eigenvalue weighted by Crippen LogP contribution is 2.28. The van der Waals surface area contributed by atoms with Gasteiger partial charge in [-0.25, -0.2) is 0 Å². The van der Waals surface area contributed by atoms with E-state index in [1.54, 1.807) is 17.1 Å². The third kappa shape index (κ3) is 4.27. The van der Waals surface area contributed by atoms with Crippen LogP contribution in [0.1, 0.15) is 43.7 Å². The number of carbonyl (C=O) groups is 1. The molecule has 2 heterocycles. The van der Waals surface area contributed by atoms with E-state index in [1.165, 1.54) is 0 Å². The third-order valence-electron chi connectivity index (χ3n) is 4.96. The fraction of sp³-hybridized carbons (Fsp3) is 0.611. The molecular formula is C18H25ClN4O3. The Labute approximate surface area is 157 Å². The molecule has 0 aromatic carbocycles. The predicted octanol–water partition coefficient (Wildman–Crippen LogP) is 2.15. The number of amides is 1. The number of aryl methyl sites for hydroxylation is 2. The van der Waals surface area contributed by atoms with Crippen molar-refractivity contribution in [1.82, 2.24) is 20.3 Å². The fourth-order valence-corrected chi connectivity index (χ4v) is 3.84. The molecule has 3 rings (SSSR count). The smallest absolute Gasteiger partial charge is 0.224 e. The average molecular weight is 381 g/mol. The minimum absolute atomic E-state index is 0.107. The molecule has 1 fully saturated rings. The second-order valence-electron chi connectivity index (χ2n) is 6.87. The molecule has 2 N–H and O–H groups in total. The van der Waals surface area contributed by atoms with E-state index >= 15 is 0 Å². The molecule has 3 atom stereocenters. The van der Waals surface area contributed by atoms with Crippen molar-refractivity contribution in [3.63, 3.8) is 0 Å². The Morgan fingerprint density at radius 1 is 1.42 bits per heavy atom. The second kappa shape index (κ2) is 8.22. The maximum absolute atomic E-state index is 12.5. The molecule has 1 saturated carbocycles. The van der Waals surface area contributed by atoms with Gasteiger partial charge in [-0.05, 0) is 25.2 Å². The van der Waals surface area contributed by atoms with Crippen LogP contribution in [0, 0.1) is 5.92 Å². The lowest BCUT2D eigenvalue weighted by molar-refractivity contribution is -0.121. The van der Waals surface area contributed by atoms with Gasteiger partial charge in [0.1, 0.15) is 5.76 Å². The Hall–Kier alpha value is -1.86. The van der Waals surface area contributed by atoms with Crippen molar-refractivity contribution in [3.8, 4) is 0 Å². The molecule has 0 spiro atoms. The van der Waals surface area contributed by atoms with E-state index in [4.69, 9.17) is 16.1 Å². The van der Waals surface area contributed by atoms with Gasteiger partial charge in [0.25, 0.3) is 0 Å². The van der Waals surface area contributed by atoms with Gasteiger partial charge in [-0.15, -0.1) is 0 Å². The molecule has 8 heteroatoms. The zero-order valence-electron chi connectivity index (χ0n) is 15.1. The summed E-state index contributed by atoms with van der Waals surface area (Å²) >= 11 is 5.89. The van der Waals surface area contributed by atoms with Crippen molar-refractivity contribution in [2.45, 2.75) is 64.6 Å². The second-order valence-corrected chi connectivity index (χ2v) is 7.31. The Morgan fingerprint density at radius 3 is 2.88 bits per heavy atom. The molecule has 1 unspecified atom stereocenters. The van der Waals surface area contributed by atoms with Gasteiger partial charge in [0.05, 0.1) is 35.5 Å². The molecule has 142 valence electrons. The van der Waals surface area contributed by atoms with Crippen LogP contribution in [0.15, 0.2) is 16.9 Å². The zero-order valence-corrected chi connectivity index (χ0v) is 15.9. The van der Waals surface area contributed by atoms with Gasteiger partial charge in [0, 0.05) is 24.7 Å². The van der Waals surface area contributed by atoms with Crippen LogP contribution in [0.3, 0.4) is 0 Å². The lowest BCUT2D eigenvalue weighted by atomic mass is 10.1. The third-order valence-corrected chi connectivity index (χ3v) is 5.16. The molecular weight excluding hydrogens is 356 g/mol. The SMILES string of the molecule is CCc1noc(CC)c1CC(=O)N[C@@H]1CC(Cn2cc(Cl)cn2)C[C@H]1O. The monoisotopic (exact) mass is 380 g/mol. The van der Waals surface area contributed by atoms with E-state index in [9.17, 15) is 9.90 Å². The first kappa shape index (κ1) is 18.9. The quantitative estimate of drug-likeness (QED) is 0.767. The number of hydrogen-bond acceptors (Lipinski definition) is 5. The van der Waals surface area contributed by atoms with Gasteiger partial charge >= 0.3 is 0 Å². The number of aliphatic hydroxyl groups is 1. The lowest BCUT2D eigenvalue weighted by Crippen LogP contribution is -2.40. The van der Waals surface area contributed by atoms with E-state index in [1.807, 2.05) is 13.8 Å². The molecule has 2 aromatic heterocycles. The molecule has 1 aliphatic carbocycles. The summed E-state index contributed by atoms with van der Waals surface area (Å²) in [4.78, 5) is 12.5. The number of rotatable bonds is 7. The Kier molecular flexibility index (Phi) is 5.98. The number of halogens is 1. The Balaban J connectivity index is 1.57. The number of carbonyl (C=O) groups excluding carboxylic acids is 1. The molecule has 7 nitrogen and oxygen atoms in total. The van der Waals surface area contributed by atoms with Crippen LogP contribution in [0.2, 0.25) is 5.02 Å². The molecule has 0 bridgehead atoms. The van der Waals surface area contributed by atoms with Crippen LogP contribution in [-0.2, 0) is 30.6 Å². The Bertz CT molecular complexity index is 736. The molecule has 0 radical (unpaired) electrons. The van der Waals surface area contributed by atoms with Crippen molar-refractivity contribution in [1.29, 1.82) is 0 Å². The highest BCUT2D eigenvalue weighted by Gasteiger charge is 2.34. The van der Waals surface area contributed by atoms with E-state index in [2.05, 4.69) is 15.6 Å². The summed E-state index contributed by atoms with van der Waals surface area (Å²) in [6.07, 6.45) is 5.84. The molecule has 0 saturated heterocycles. The summed E-state index contributed by atoms with van der Waals surface area (Å²) in [6, 6.07) is -0.242. The summed E-state index contributed by atoms with van der Waals surface area (Å²) in [7, 11) is 0. The van der Waals surface area contributed by atoms with E-state index in [0.717, 1.165) is 29.9 Å². The van der Waals surface area contributed by atoms with Gasteiger partial charge in [-0.3, -0.25) is 9.48 Å². The molecule has 26 heavy (non-hydrogen) atoms. The van der Waals surface area contributed by atoms with Crippen LogP contribution in [0.25, 0.3) is 0 Å². The van der Waals surface area contributed by atoms with Crippen LogP contribution in [-0.4, -0.2) is 38.1 Å². The largest absolute Gasteiger partial charge is 0.391 e. The molecule has 1 aliphatic rings. The highest BCUT2D eigenvalue weighted by molar-refractivity contribution is 6.30. The lowest BCUT2D eigenvalue weighted by Gasteiger charge is -2.16. The molecule has 0 aliphatic heterocycles. The zero-order chi connectivity index (χ0) is 18.7. The molecule has 1 amide bonds. The van der Waals surface area contributed by atoms with Gasteiger partial charge in [0.2, 0.25) is 5.91 Å². The van der Waals surface area contributed by atoms with Crippen molar-refractivity contribution in [2.24, 2.45) is 5.92 Å². The van der Waals surface area contributed by atoms with Gasteiger partial charge in [0.15, 0.2) is 0 Å². The number of aromatic nitrogens is 3. The standard InChI is InChI=1S/C18H25ClN4O3/c1-3-14-13(17(4-2)26-22-14)7-18(25)21-15-5-11(6-16(15)24)9-23-10-12(19)8-20-23/h8,10-11,15-16,24H,3-7,9H2,1-2H3,(H,21,25)/t11?,15-,16-/m1/s1. The van der Waals surface area contributed by atoms with Crippen molar-refractivity contribution >= 4 is 17.5 Å². The minimum Gasteiger partial charge on any atom is -0.391 e.